The van der Waals surface area contributed by atoms with Crippen LogP contribution in [0.25, 0.3) is 0 Å². The third-order valence-electron chi connectivity index (χ3n) is 3.99. The molecule has 1 aromatic carbocycles. The lowest BCUT2D eigenvalue weighted by Gasteiger charge is -2.25. The van der Waals surface area contributed by atoms with Gasteiger partial charge in [0.2, 0.25) is 0 Å². The number of halogens is 1. The lowest BCUT2D eigenvalue weighted by atomic mass is 10.0. The largest absolute Gasteiger partial charge is 0.377 e. The molecule has 118 valence electrons. The SMILES string of the molecule is CCNC(CCN1CCCOC(C)C1)c1ccc(Cl)cc1. The van der Waals surface area contributed by atoms with E-state index < -0.39 is 0 Å². The molecule has 1 aromatic rings. The molecule has 1 aliphatic heterocycles. The van der Waals surface area contributed by atoms with E-state index in [1.54, 1.807) is 0 Å². The van der Waals surface area contributed by atoms with Crippen LogP contribution in [0.5, 0.6) is 0 Å². The van der Waals surface area contributed by atoms with Crippen LogP contribution in [-0.2, 0) is 4.74 Å². The first kappa shape index (κ1) is 16.8. The molecule has 2 unspecified atom stereocenters. The molecular weight excluding hydrogens is 284 g/mol. The Balaban J connectivity index is 1.91. The van der Waals surface area contributed by atoms with Crippen molar-refractivity contribution < 1.29 is 4.74 Å². The highest BCUT2D eigenvalue weighted by Crippen LogP contribution is 2.20. The molecule has 2 atom stereocenters. The topological polar surface area (TPSA) is 24.5 Å². The van der Waals surface area contributed by atoms with E-state index in [-0.39, 0.29) is 0 Å². The highest BCUT2D eigenvalue weighted by Gasteiger charge is 2.17. The van der Waals surface area contributed by atoms with Gasteiger partial charge in [-0.1, -0.05) is 30.7 Å². The monoisotopic (exact) mass is 310 g/mol. The summed E-state index contributed by atoms with van der Waals surface area (Å²) >= 11 is 5.98. The summed E-state index contributed by atoms with van der Waals surface area (Å²) in [4.78, 5) is 2.53. The summed E-state index contributed by atoms with van der Waals surface area (Å²) < 4.78 is 5.71. The van der Waals surface area contributed by atoms with E-state index in [9.17, 15) is 0 Å². The van der Waals surface area contributed by atoms with Crippen molar-refractivity contribution in [3.63, 3.8) is 0 Å². The fourth-order valence-electron chi connectivity index (χ4n) is 2.92. The zero-order valence-corrected chi connectivity index (χ0v) is 13.9. The summed E-state index contributed by atoms with van der Waals surface area (Å²) in [6.07, 6.45) is 2.60. The maximum absolute atomic E-state index is 5.98. The van der Waals surface area contributed by atoms with E-state index in [0.717, 1.165) is 50.7 Å². The number of benzene rings is 1. The van der Waals surface area contributed by atoms with E-state index in [0.29, 0.717) is 12.1 Å². The maximum atomic E-state index is 5.98. The molecule has 0 spiro atoms. The van der Waals surface area contributed by atoms with Crippen LogP contribution in [0.3, 0.4) is 0 Å². The Labute approximate surface area is 133 Å². The van der Waals surface area contributed by atoms with Crippen LogP contribution in [0.1, 0.15) is 38.3 Å². The Kier molecular flexibility index (Phi) is 6.97. The molecule has 0 saturated carbocycles. The first-order valence-corrected chi connectivity index (χ1v) is 8.39. The van der Waals surface area contributed by atoms with Gasteiger partial charge in [-0.25, -0.2) is 0 Å². The fraction of sp³-hybridized carbons (Fsp3) is 0.647. The van der Waals surface area contributed by atoms with Crippen molar-refractivity contribution in [2.45, 2.75) is 38.8 Å². The molecule has 1 saturated heterocycles. The third kappa shape index (κ3) is 5.59. The molecule has 1 aliphatic rings. The van der Waals surface area contributed by atoms with Gasteiger partial charge in [0.15, 0.2) is 0 Å². The lowest BCUT2D eigenvalue weighted by molar-refractivity contribution is 0.0672. The third-order valence-corrected chi connectivity index (χ3v) is 4.25. The van der Waals surface area contributed by atoms with Gasteiger partial charge in [0.05, 0.1) is 6.10 Å². The molecule has 3 nitrogen and oxygen atoms in total. The molecule has 1 N–H and O–H groups in total. The molecule has 0 aliphatic carbocycles. The van der Waals surface area contributed by atoms with Crippen molar-refractivity contribution in [1.82, 2.24) is 10.2 Å². The smallest absolute Gasteiger partial charge is 0.0673 e. The van der Waals surface area contributed by atoms with E-state index in [1.807, 2.05) is 12.1 Å². The average Bonchev–Trinajstić information content (AvgIpc) is 2.69. The molecule has 0 amide bonds. The Hall–Kier alpha value is -0.610. The summed E-state index contributed by atoms with van der Waals surface area (Å²) in [5, 5.41) is 4.38. The van der Waals surface area contributed by atoms with Crippen LogP contribution < -0.4 is 5.32 Å². The molecule has 4 heteroatoms. The van der Waals surface area contributed by atoms with Gasteiger partial charge in [-0.2, -0.15) is 0 Å². The molecule has 0 radical (unpaired) electrons. The van der Waals surface area contributed by atoms with Gasteiger partial charge < -0.3 is 15.0 Å². The van der Waals surface area contributed by atoms with Crippen molar-refractivity contribution in [1.29, 1.82) is 0 Å². The normalized spacial score (nSPS) is 22.0. The van der Waals surface area contributed by atoms with Crippen LogP contribution in [0, 0.1) is 0 Å². The fourth-order valence-corrected chi connectivity index (χ4v) is 3.05. The number of ether oxygens (including phenoxy) is 1. The van der Waals surface area contributed by atoms with Crippen molar-refractivity contribution in [3.8, 4) is 0 Å². The van der Waals surface area contributed by atoms with Crippen molar-refractivity contribution in [2.75, 3.05) is 32.8 Å². The predicted octanol–water partition coefficient (Wildman–Crippen LogP) is 3.49. The van der Waals surface area contributed by atoms with Gasteiger partial charge in [0.25, 0.3) is 0 Å². The number of rotatable bonds is 6. The van der Waals surface area contributed by atoms with Crippen molar-refractivity contribution in [2.24, 2.45) is 0 Å². The highest BCUT2D eigenvalue weighted by molar-refractivity contribution is 6.30. The first-order valence-electron chi connectivity index (χ1n) is 8.02. The maximum Gasteiger partial charge on any atom is 0.0673 e. The average molecular weight is 311 g/mol. The standard InChI is InChI=1S/C17H27ClN2O/c1-3-19-17(15-5-7-16(18)8-6-15)9-11-20-10-4-12-21-14(2)13-20/h5-8,14,17,19H,3-4,9-13H2,1-2H3. The zero-order chi connectivity index (χ0) is 15.1. The second-order valence-corrected chi connectivity index (χ2v) is 6.22. The summed E-state index contributed by atoms with van der Waals surface area (Å²) in [5.74, 6) is 0. The van der Waals surface area contributed by atoms with Crippen LogP contribution in [0.2, 0.25) is 5.02 Å². The molecule has 1 heterocycles. The molecule has 2 rings (SSSR count). The first-order chi connectivity index (χ1) is 10.2. The summed E-state index contributed by atoms with van der Waals surface area (Å²) in [6, 6.07) is 8.60. The highest BCUT2D eigenvalue weighted by atomic mass is 35.5. The van der Waals surface area contributed by atoms with Gasteiger partial charge in [-0.15, -0.1) is 0 Å². The van der Waals surface area contributed by atoms with E-state index in [2.05, 4.69) is 36.2 Å². The predicted molar refractivity (Wildman–Crippen MR) is 89.0 cm³/mol. The second kappa shape index (κ2) is 8.74. The molecule has 21 heavy (non-hydrogen) atoms. The minimum Gasteiger partial charge on any atom is -0.377 e. The Bertz CT molecular complexity index is 410. The Morgan fingerprint density at radius 2 is 2.14 bits per heavy atom. The minimum absolute atomic E-state index is 0.348. The van der Waals surface area contributed by atoms with E-state index in [4.69, 9.17) is 16.3 Å². The Morgan fingerprint density at radius 1 is 1.38 bits per heavy atom. The Morgan fingerprint density at radius 3 is 2.86 bits per heavy atom. The molecule has 0 aromatic heterocycles. The van der Waals surface area contributed by atoms with Crippen LogP contribution >= 0.6 is 11.6 Å². The number of hydrogen-bond donors (Lipinski definition) is 1. The molecule has 0 bridgehead atoms. The lowest BCUT2D eigenvalue weighted by Crippen LogP contribution is -2.33. The number of nitrogens with zero attached hydrogens (tertiary/aromatic N) is 1. The van der Waals surface area contributed by atoms with Gasteiger partial charge >= 0.3 is 0 Å². The summed E-state index contributed by atoms with van der Waals surface area (Å²) in [5.41, 5.74) is 1.32. The number of nitrogens with one attached hydrogen (secondary N) is 1. The van der Waals surface area contributed by atoms with Gasteiger partial charge in [0, 0.05) is 37.3 Å². The van der Waals surface area contributed by atoms with E-state index >= 15 is 0 Å². The minimum atomic E-state index is 0.348. The second-order valence-electron chi connectivity index (χ2n) is 5.79. The van der Waals surface area contributed by atoms with Gasteiger partial charge in [-0.3, -0.25) is 0 Å². The summed E-state index contributed by atoms with van der Waals surface area (Å²) in [7, 11) is 0. The van der Waals surface area contributed by atoms with E-state index in [1.165, 1.54) is 5.56 Å². The quantitative estimate of drug-likeness (QED) is 0.870. The van der Waals surface area contributed by atoms with Crippen LogP contribution in [0.15, 0.2) is 24.3 Å². The van der Waals surface area contributed by atoms with Crippen LogP contribution in [0.4, 0.5) is 0 Å². The molecular formula is C17H27ClN2O. The van der Waals surface area contributed by atoms with Crippen molar-refractivity contribution >= 4 is 11.6 Å². The summed E-state index contributed by atoms with van der Waals surface area (Å²) in [6.45, 7) is 9.49. The molecule has 1 fully saturated rings. The number of hydrogen-bond acceptors (Lipinski definition) is 3. The van der Waals surface area contributed by atoms with Gasteiger partial charge in [-0.05, 0) is 44.0 Å². The van der Waals surface area contributed by atoms with Gasteiger partial charge in [0.1, 0.15) is 0 Å². The zero-order valence-electron chi connectivity index (χ0n) is 13.1. The van der Waals surface area contributed by atoms with Crippen molar-refractivity contribution in [3.05, 3.63) is 34.9 Å². The van der Waals surface area contributed by atoms with Crippen LogP contribution in [-0.4, -0.2) is 43.8 Å².